The van der Waals surface area contributed by atoms with Crippen molar-refractivity contribution in [2.75, 3.05) is 5.73 Å². The maximum Gasteiger partial charge on any atom is 0.154 e. The van der Waals surface area contributed by atoms with Crippen LogP contribution >= 0.6 is 34.3 Å². The van der Waals surface area contributed by atoms with Gasteiger partial charge in [-0.05, 0) is 30.3 Å². The van der Waals surface area contributed by atoms with Crippen molar-refractivity contribution in [2.45, 2.75) is 0 Å². The predicted molar refractivity (Wildman–Crippen MR) is 96.7 cm³/mol. The minimum Gasteiger partial charge on any atom is -0.455 e. The van der Waals surface area contributed by atoms with Crippen LogP contribution in [0.1, 0.15) is 0 Å². The highest BCUT2D eigenvalue weighted by Crippen LogP contribution is 2.39. The summed E-state index contributed by atoms with van der Waals surface area (Å²) in [6, 6.07) is 9.31. The monoisotopic (exact) mass is 359 g/mol. The number of aromatic nitrogens is 2. The average molecular weight is 360 g/mol. The van der Waals surface area contributed by atoms with Gasteiger partial charge in [0.05, 0.1) is 15.8 Å². The molecule has 0 saturated heterocycles. The molecule has 0 radical (unpaired) electrons. The van der Waals surface area contributed by atoms with Crippen LogP contribution in [-0.2, 0) is 0 Å². The molecule has 0 aliphatic heterocycles. The fraction of sp³-hybridized carbons (Fsp3) is 0. The molecule has 4 nitrogen and oxygen atoms in total. The molecule has 114 valence electrons. The molecule has 0 unspecified atom stereocenters. The van der Waals surface area contributed by atoms with E-state index in [9.17, 15) is 0 Å². The van der Waals surface area contributed by atoms with Crippen LogP contribution in [0, 0.1) is 0 Å². The lowest BCUT2D eigenvalue weighted by atomic mass is 10.3. The Morgan fingerprint density at radius 3 is 2.70 bits per heavy atom. The first-order valence-corrected chi connectivity index (χ1v) is 8.79. The molecule has 2 N–H and O–H groups in total. The van der Waals surface area contributed by atoms with Crippen molar-refractivity contribution >= 4 is 50.2 Å². The van der Waals surface area contributed by atoms with E-state index in [1.807, 2.05) is 23.7 Å². The molecule has 4 aromatic rings. The quantitative estimate of drug-likeness (QED) is 0.528. The van der Waals surface area contributed by atoms with Crippen LogP contribution < -0.4 is 10.5 Å². The summed E-state index contributed by atoms with van der Waals surface area (Å²) in [5.41, 5.74) is 5.71. The number of ether oxygens (including phenoxy) is 1. The first-order chi connectivity index (χ1) is 11.2. The molecule has 0 spiro atoms. The number of nitrogens with zero attached hydrogens (tertiary/aromatic N) is 2. The van der Waals surface area contributed by atoms with Crippen molar-refractivity contribution in [3.8, 4) is 21.4 Å². The third-order valence-electron chi connectivity index (χ3n) is 3.18. The number of fused-ring (bicyclic) bond motifs is 1. The largest absolute Gasteiger partial charge is 0.455 e. The Bertz CT molecular complexity index is 979. The normalized spacial score (nSPS) is 11.0. The summed E-state index contributed by atoms with van der Waals surface area (Å²) in [7, 11) is 0. The maximum absolute atomic E-state index is 5.94. The van der Waals surface area contributed by atoms with E-state index in [0.29, 0.717) is 16.6 Å². The molecule has 0 bridgehead atoms. The van der Waals surface area contributed by atoms with Crippen LogP contribution in [-0.4, -0.2) is 9.97 Å². The molecule has 0 aliphatic rings. The molecule has 23 heavy (non-hydrogen) atoms. The third-order valence-corrected chi connectivity index (χ3v) is 5.54. The van der Waals surface area contributed by atoms with Crippen LogP contribution in [0.4, 0.5) is 5.82 Å². The summed E-state index contributed by atoms with van der Waals surface area (Å²) >= 11 is 9.05. The molecule has 0 amide bonds. The lowest BCUT2D eigenvalue weighted by molar-refractivity contribution is 0.486. The molecule has 0 atom stereocenters. The summed E-state index contributed by atoms with van der Waals surface area (Å²) in [6.45, 7) is 0. The molecule has 3 aromatic heterocycles. The number of hydrogen-bond acceptors (Lipinski definition) is 6. The van der Waals surface area contributed by atoms with Gasteiger partial charge in [-0.1, -0.05) is 11.6 Å². The van der Waals surface area contributed by atoms with Crippen LogP contribution in [0.5, 0.6) is 11.5 Å². The molecule has 0 fully saturated rings. The van der Waals surface area contributed by atoms with E-state index in [0.717, 1.165) is 25.7 Å². The second-order valence-corrected chi connectivity index (χ2v) is 7.17. The summed E-state index contributed by atoms with van der Waals surface area (Å²) in [5, 5.41) is 4.42. The van der Waals surface area contributed by atoms with E-state index in [4.69, 9.17) is 22.1 Å². The highest BCUT2D eigenvalue weighted by molar-refractivity contribution is 7.25. The first kappa shape index (κ1) is 14.4. The standard InChI is InChI=1S/C16H10ClN3OS2/c17-9-1-3-10(4-2-9)21-12-6-19-7-14-11(12)5-13(23-14)16-20-15(18)8-22-16/h1-8H,18H2. The Hall–Kier alpha value is -2.15. The van der Waals surface area contributed by atoms with Gasteiger partial charge >= 0.3 is 0 Å². The Morgan fingerprint density at radius 2 is 1.96 bits per heavy atom. The Morgan fingerprint density at radius 1 is 1.13 bits per heavy atom. The lowest BCUT2D eigenvalue weighted by Crippen LogP contribution is -1.85. The topological polar surface area (TPSA) is 61.0 Å². The van der Waals surface area contributed by atoms with Crippen molar-refractivity contribution < 1.29 is 4.74 Å². The van der Waals surface area contributed by atoms with Gasteiger partial charge in [-0.25, -0.2) is 4.98 Å². The number of halogens is 1. The highest BCUT2D eigenvalue weighted by Gasteiger charge is 2.12. The summed E-state index contributed by atoms with van der Waals surface area (Å²) in [5.74, 6) is 1.96. The van der Waals surface area contributed by atoms with E-state index in [-0.39, 0.29) is 0 Å². The third kappa shape index (κ3) is 2.88. The van der Waals surface area contributed by atoms with Crippen molar-refractivity contribution in [3.05, 3.63) is 53.1 Å². The zero-order chi connectivity index (χ0) is 15.8. The van der Waals surface area contributed by atoms with E-state index in [1.165, 1.54) is 11.3 Å². The number of anilines is 1. The van der Waals surface area contributed by atoms with E-state index in [1.54, 1.807) is 29.7 Å². The number of hydrogen-bond donors (Lipinski definition) is 1. The van der Waals surface area contributed by atoms with Gasteiger partial charge in [0.25, 0.3) is 0 Å². The Balaban J connectivity index is 1.75. The van der Waals surface area contributed by atoms with Crippen molar-refractivity contribution in [1.82, 2.24) is 9.97 Å². The van der Waals surface area contributed by atoms with Gasteiger partial charge in [0.1, 0.15) is 16.6 Å². The average Bonchev–Trinajstić information content (AvgIpc) is 3.16. The summed E-state index contributed by atoms with van der Waals surface area (Å²) < 4.78 is 6.99. The molecule has 1 aromatic carbocycles. The number of rotatable bonds is 3. The number of nitrogens with two attached hydrogens (primary N) is 1. The van der Waals surface area contributed by atoms with Gasteiger partial charge in [-0.15, -0.1) is 22.7 Å². The van der Waals surface area contributed by atoms with Crippen LogP contribution in [0.3, 0.4) is 0 Å². The van der Waals surface area contributed by atoms with Gasteiger partial charge in [0.2, 0.25) is 0 Å². The number of nitrogen functional groups attached to an aromatic ring is 1. The first-order valence-electron chi connectivity index (χ1n) is 6.71. The second-order valence-electron chi connectivity index (χ2n) is 4.79. The zero-order valence-corrected chi connectivity index (χ0v) is 14.1. The Labute approximate surface area is 145 Å². The summed E-state index contributed by atoms with van der Waals surface area (Å²) in [4.78, 5) is 9.64. The van der Waals surface area contributed by atoms with E-state index < -0.39 is 0 Å². The minimum absolute atomic E-state index is 0.540. The van der Waals surface area contributed by atoms with E-state index >= 15 is 0 Å². The van der Waals surface area contributed by atoms with Crippen molar-refractivity contribution in [1.29, 1.82) is 0 Å². The molecule has 4 rings (SSSR count). The fourth-order valence-corrected chi connectivity index (χ4v) is 4.09. The molecule has 3 heterocycles. The predicted octanol–water partition coefficient (Wildman–Crippen LogP) is 5.45. The van der Waals surface area contributed by atoms with Gasteiger partial charge in [-0.3, -0.25) is 4.98 Å². The highest BCUT2D eigenvalue weighted by atomic mass is 35.5. The van der Waals surface area contributed by atoms with Gasteiger partial charge < -0.3 is 10.5 Å². The molecule has 7 heteroatoms. The number of thiophene rings is 1. The molecule has 0 aliphatic carbocycles. The number of benzene rings is 1. The minimum atomic E-state index is 0.540. The molecular formula is C16H10ClN3OS2. The molecular weight excluding hydrogens is 350 g/mol. The van der Waals surface area contributed by atoms with E-state index in [2.05, 4.69) is 16.0 Å². The maximum atomic E-state index is 5.94. The van der Waals surface area contributed by atoms with Crippen LogP contribution in [0.2, 0.25) is 5.02 Å². The smallest absolute Gasteiger partial charge is 0.154 e. The number of pyridine rings is 1. The SMILES string of the molecule is Nc1csc(-c2cc3c(Oc4ccc(Cl)cc4)cncc3s2)n1. The van der Waals surface area contributed by atoms with Crippen LogP contribution in [0.15, 0.2) is 48.1 Å². The van der Waals surface area contributed by atoms with Crippen molar-refractivity contribution in [3.63, 3.8) is 0 Å². The zero-order valence-electron chi connectivity index (χ0n) is 11.7. The Kier molecular flexibility index (Phi) is 3.65. The summed E-state index contributed by atoms with van der Waals surface area (Å²) in [6.07, 6.45) is 3.54. The molecule has 0 saturated carbocycles. The number of thiazole rings is 1. The fourth-order valence-electron chi connectivity index (χ4n) is 2.15. The van der Waals surface area contributed by atoms with Crippen LogP contribution in [0.25, 0.3) is 20.0 Å². The van der Waals surface area contributed by atoms with Crippen molar-refractivity contribution in [2.24, 2.45) is 0 Å². The van der Waals surface area contributed by atoms with Gasteiger partial charge in [0.15, 0.2) is 5.75 Å². The van der Waals surface area contributed by atoms with Gasteiger partial charge in [0, 0.05) is 22.0 Å². The van der Waals surface area contributed by atoms with Gasteiger partial charge in [-0.2, -0.15) is 0 Å². The second kappa shape index (κ2) is 5.81. The lowest BCUT2D eigenvalue weighted by Gasteiger charge is -2.06.